The maximum atomic E-state index is 11.4. The van der Waals surface area contributed by atoms with Gasteiger partial charge in [0.05, 0.1) is 18.7 Å². The molecule has 1 saturated carbocycles. The number of benzene rings is 1. The molecule has 1 atom stereocenters. The van der Waals surface area contributed by atoms with E-state index in [-0.39, 0.29) is 11.8 Å². The van der Waals surface area contributed by atoms with E-state index in [2.05, 4.69) is 5.32 Å². The van der Waals surface area contributed by atoms with Gasteiger partial charge in [-0.15, -0.1) is 0 Å². The SMILES string of the molecule is COc1ccc(C(C(=O)O)C2CC2)cc1NC(C)=O. The number of hydrogen-bond donors (Lipinski definition) is 2. The smallest absolute Gasteiger partial charge is 0.311 e. The Balaban J connectivity index is 2.35. The molecule has 0 saturated heterocycles. The molecule has 0 radical (unpaired) electrons. The van der Waals surface area contributed by atoms with Crippen LogP contribution in [0.25, 0.3) is 0 Å². The topological polar surface area (TPSA) is 75.6 Å². The zero-order valence-corrected chi connectivity index (χ0v) is 11.0. The Morgan fingerprint density at radius 2 is 2.11 bits per heavy atom. The lowest BCUT2D eigenvalue weighted by Crippen LogP contribution is -2.15. The standard InChI is InChI=1S/C14H17NO4/c1-8(16)15-11-7-10(5-6-12(11)19-2)13(14(17)18)9-3-4-9/h5-7,9,13H,3-4H2,1-2H3,(H,15,16)(H,17,18). The van der Waals surface area contributed by atoms with E-state index in [1.165, 1.54) is 14.0 Å². The summed E-state index contributed by atoms with van der Waals surface area (Å²) in [5.74, 6) is -0.802. The van der Waals surface area contributed by atoms with E-state index in [1.54, 1.807) is 18.2 Å². The minimum Gasteiger partial charge on any atom is -0.495 e. The third-order valence-corrected chi connectivity index (χ3v) is 3.25. The van der Waals surface area contributed by atoms with Crippen LogP contribution in [0.3, 0.4) is 0 Å². The number of amides is 1. The van der Waals surface area contributed by atoms with Gasteiger partial charge in [-0.05, 0) is 36.5 Å². The highest BCUT2D eigenvalue weighted by atomic mass is 16.5. The number of aliphatic carboxylic acids is 1. The fraction of sp³-hybridized carbons (Fsp3) is 0.429. The molecule has 5 nitrogen and oxygen atoms in total. The van der Waals surface area contributed by atoms with Gasteiger partial charge >= 0.3 is 5.97 Å². The maximum absolute atomic E-state index is 11.4. The zero-order valence-electron chi connectivity index (χ0n) is 11.0. The molecule has 5 heteroatoms. The molecule has 1 aliphatic rings. The number of methoxy groups -OCH3 is 1. The van der Waals surface area contributed by atoms with Crippen molar-refractivity contribution in [3.8, 4) is 5.75 Å². The van der Waals surface area contributed by atoms with Gasteiger partial charge in [0.25, 0.3) is 0 Å². The molecule has 1 unspecified atom stereocenters. The lowest BCUT2D eigenvalue weighted by atomic mass is 9.94. The quantitative estimate of drug-likeness (QED) is 0.854. The van der Waals surface area contributed by atoms with E-state index in [9.17, 15) is 14.7 Å². The van der Waals surface area contributed by atoms with Crippen LogP contribution < -0.4 is 10.1 Å². The van der Waals surface area contributed by atoms with E-state index in [0.29, 0.717) is 17.0 Å². The monoisotopic (exact) mass is 263 g/mol. The van der Waals surface area contributed by atoms with Crippen molar-refractivity contribution in [2.45, 2.75) is 25.7 Å². The van der Waals surface area contributed by atoms with Crippen LogP contribution in [-0.2, 0) is 9.59 Å². The van der Waals surface area contributed by atoms with Gasteiger partial charge in [0.1, 0.15) is 5.75 Å². The minimum atomic E-state index is -0.818. The number of carboxylic acid groups (broad SMARTS) is 1. The Morgan fingerprint density at radius 3 is 2.58 bits per heavy atom. The normalized spacial score (nSPS) is 15.7. The Bertz CT molecular complexity index is 508. The number of rotatable bonds is 5. The number of nitrogens with one attached hydrogen (secondary N) is 1. The highest BCUT2D eigenvalue weighted by Crippen LogP contribution is 2.44. The van der Waals surface area contributed by atoms with Crippen LogP contribution >= 0.6 is 0 Å². The molecular weight excluding hydrogens is 246 g/mol. The molecule has 19 heavy (non-hydrogen) atoms. The second-order valence-electron chi connectivity index (χ2n) is 4.79. The molecule has 0 aromatic heterocycles. The van der Waals surface area contributed by atoms with Crippen molar-refractivity contribution in [2.75, 3.05) is 12.4 Å². The van der Waals surface area contributed by atoms with Gasteiger partial charge in [0.15, 0.2) is 0 Å². The molecule has 1 amide bonds. The summed E-state index contributed by atoms with van der Waals surface area (Å²) in [4.78, 5) is 22.5. The predicted octanol–water partition coefficient (Wildman–Crippen LogP) is 2.23. The first kappa shape index (κ1) is 13.4. The number of carbonyl (C=O) groups excluding carboxylic acids is 1. The average molecular weight is 263 g/mol. The Labute approximate surface area is 111 Å². The van der Waals surface area contributed by atoms with E-state index in [0.717, 1.165) is 12.8 Å². The summed E-state index contributed by atoms with van der Waals surface area (Å²) in [5, 5.41) is 12.0. The van der Waals surface area contributed by atoms with Crippen molar-refractivity contribution >= 4 is 17.6 Å². The van der Waals surface area contributed by atoms with Crippen LogP contribution in [0.15, 0.2) is 18.2 Å². The highest BCUT2D eigenvalue weighted by Gasteiger charge is 2.37. The molecule has 0 spiro atoms. The van der Waals surface area contributed by atoms with Gasteiger partial charge in [-0.3, -0.25) is 9.59 Å². The van der Waals surface area contributed by atoms with Crippen LogP contribution in [0.1, 0.15) is 31.2 Å². The Hall–Kier alpha value is -2.04. The van der Waals surface area contributed by atoms with E-state index in [1.807, 2.05) is 0 Å². The summed E-state index contributed by atoms with van der Waals surface area (Å²) >= 11 is 0. The van der Waals surface area contributed by atoms with E-state index in [4.69, 9.17) is 4.74 Å². The number of ether oxygens (including phenoxy) is 1. The largest absolute Gasteiger partial charge is 0.495 e. The van der Waals surface area contributed by atoms with Crippen LogP contribution in [0.4, 0.5) is 5.69 Å². The van der Waals surface area contributed by atoms with Gasteiger partial charge in [-0.25, -0.2) is 0 Å². The molecule has 1 aromatic rings. The number of carbonyl (C=O) groups is 2. The van der Waals surface area contributed by atoms with Crippen molar-refractivity contribution in [2.24, 2.45) is 5.92 Å². The third-order valence-electron chi connectivity index (χ3n) is 3.25. The zero-order chi connectivity index (χ0) is 14.0. The first-order valence-electron chi connectivity index (χ1n) is 6.21. The molecule has 0 heterocycles. The number of carboxylic acids is 1. The minimum absolute atomic E-state index is 0.205. The summed E-state index contributed by atoms with van der Waals surface area (Å²) in [6, 6.07) is 5.14. The summed E-state index contributed by atoms with van der Waals surface area (Å²) in [6.45, 7) is 1.40. The van der Waals surface area contributed by atoms with Crippen LogP contribution in [0.2, 0.25) is 0 Å². The fourth-order valence-corrected chi connectivity index (χ4v) is 2.25. The van der Waals surface area contributed by atoms with Crippen LogP contribution in [0.5, 0.6) is 5.75 Å². The number of hydrogen-bond acceptors (Lipinski definition) is 3. The maximum Gasteiger partial charge on any atom is 0.311 e. The third kappa shape index (κ3) is 3.05. The molecule has 102 valence electrons. The molecular formula is C14H17NO4. The van der Waals surface area contributed by atoms with Gasteiger partial charge in [-0.1, -0.05) is 6.07 Å². The predicted molar refractivity (Wildman–Crippen MR) is 70.4 cm³/mol. The summed E-state index contributed by atoms with van der Waals surface area (Å²) < 4.78 is 5.16. The van der Waals surface area contributed by atoms with E-state index < -0.39 is 11.9 Å². The van der Waals surface area contributed by atoms with Gasteiger partial charge < -0.3 is 15.2 Å². The molecule has 2 rings (SSSR count). The Kier molecular flexibility index (Phi) is 3.74. The molecule has 1 aliphatic carbocycles. The van der Waals surface area contributed by atoms with Gasteiger partial charge in [0.2, 0.25) is 5.91 Å². The second-order valence-corrected chi connectivity index (χ2v) is 4.79. The first-order valence-corrected chi connectivity index (χ1v) is 6.21. The average Bonchev–Trinajstić information content (AvgIpc) is 3.13. The Morgan fingerprint density at radius 1 is 1.42 bits per heavy atom. The highest BCUT2D eigenvalue weighted by molar-refractivity contribution is 5.91. The van der Waals surface area contributed by atoms with E-state index >= 15 is 0 Å². The van der Waals surface area contributed by atoms with Crippen molar-refractivity contribution in [1.29, 1.82) is 0 Å². The molecule has 0 bridgehead atoms. The van der Waals surface area contributed by atoms with Gasteiger partial charge in [0, 0.05) is 6.92 Å². The van der Waals surface area contributed by atoms with Crippen molar-refractivity contribution in [1.82, 2.24) is 0 Å². The summed E-state index contributed by atoms with van der Waals surface area (Å²) in [5.41, 5.74) is 1.22. The lowest BCUT2D eigenvalue weighted by molar-refractivity contribution is -0.139. The molecule has 1 aromatic carbocycles. The first-order chi connectivity index (χ1) is 9.02. The fourth-order valence-electron chi connectivity index (χ4n) is 2.25. The molecule has 0 aliphatic heterocycles. The van der Waals surface area contributed by atoms with Crippen molar-refractivity contribution in [3.05, 3.63) is 23.8 Å². The molecule has 1 fully saturated rings. The van der Waals surface area contributed by atoms with Crippen molar-refractivity contribution < 1.29 is 19.4 Å². The molecule has 2 N–H and O–H groups in total. The van der Waals surface area contributed by atoms with Crippen LogP contribution in [-0.4, -0.2) is 24.1 Å². The number of anilines is 1. The second kappa shape index (κ2) is 5.30. The van der Waals surface area contributed by atoms with Crippen molar-refractivity contribution in [3.63, 3.8) is 0 Å². The van der Waals surface area contributed by atoms with Crippen LogP contribution in [0, 0.1) is 5.92 Å². The summed E-state index contributed by atoms with van der Waals surface area (Å²) in [7, 11) is 1.51. The lowest BCUT2D eigenvalue weighted by Gasteiger charge is -2.15. The van der Waals surface area contributed by atoms with Gasteiger partial charge in [-0.2, -0.15) is 0 Å². The summed E-state index contributed by atoms with van der Waals surface area (Å²) in [6.07, 6.45) is 1.89.